The molecule has 2 unspecified atom stereocenters. The number of benzene rings is 2. The van der Waals surface area contributed by atoms with Crippen molar-refractivity contribution in [2.24, 2.45) is 0 Å². The molecule has 37 heavy (non-hydrogen) atoms. The molecule has 0 radical (unpaired) electrons. The van der Waals surface area contributed by atoms with E-state index in [1.54, 1.807) is 19.1 Å². The van der Waals surface area contributed by atoms with Crippen LogP contribution in [0.3, 0.4) is 0 Å². The maximum absolute atomic E-state index is 13.5. The van der Waals surface area contributed by atoms with Gasteiger partial charge < -0.3 is 10.2 Å². The number of carbonyl (C=O) groups excluding carboxylic acids is 2. The smallest absolute Gasteiger partial charge is 0.352 e. The Bertz CT molecular complexity index is 1240. The molecule has 0 bridgehead atoms. The molecule has 0 aromatic heterocycles. The van der Waals surface area contributed by atoms with Crippen LogP contribution in [0.25, 0.3) is 0 Å². The van der Waals surface area contributed by atoms with Crippen LogP contribution in [0.15, 0.2) is 42.5 Å². The van der Waals surface area contributed by atoms with Crippen LogP contribution in [0.4, 0.5) is 18.9 Å². The molecule has 7 nitrogen and oxygen atoms in total. The van der Waals surface area contributed by atoms with E-state index in [2.05, 4.69) is 5.32 Å². The highest BCUT2D eigenvalue weighted by Gasteiger charge is 2.34. The molecule has 2 aromatic rings. The van der Waals surface area contributed by atoms with Crippen molar-refractivity contribution in [3.8, 4) is 0 Å². The lowest BCUT2D eigenvalue weighted by Crippen LogP contribution is -2.52. The Morgan fingerprint density at radius 3 is 2.27 bits per heavy atom. The molecule has 2 rings (SSSR count). The molecule has 0 saturated carbocycles. The largest absolute Gasteiger partial charge is 0.416 e. The number of halogens is 5. The average molecular weight is 582 g/mol. The molecule has 2 atom stereocenters. The second-order valence-electron chi connectivity index (χ2n) is 8.57. The molecule has 0 aliphatic carbocycles. The first-order valence-corrected chi connectivity index (χ1v) is 13.8. The van der Waals surface area contributed by atoms with Crippen LogP contribution in [-0.4, -0.2) is 50.0 Å². The lowest BCUT2D eigenvalue weighted by atomic mass is 10.1. The first-order valence-electron chi connectivity index (χ1n) is 11.2. The highest BCUT2D eigenvalue weighted by atomic mass is 35.5. The number of hydrogen-bond donors (Lipinski definition) is 1. The molecular formula is C24H28Cl2F3N3O4S. The SMILES string of the molecule is CCC(C)NC(=O)C(C)N(Cc1ccc(Cl)cc1Cl)C(=O)CN(c1cccc(C(F)(F)F)c1)S(C)(=O)=O. The summed E-state index contributed by atoms with van der Waals surface area (Å²) in [6.45, 7) is 4.10. The summed E-state index contributed by atoms with van der Waals surface area (Å²) >= 11 is 12.2. The minimum absolute atomic E-state index is 0.176. The van der Waals surface area contributed by atoms with Crippen molar-refractivity contribution in [2.75, 3.05) is 17.1 Å². The monoisotopic (exact) mass is 581 g/mol. The minimum atomic E-state index is -4.72. The molecule has 0 saturated heterocycles. The summed E-state index contributed by atoms with van der Waals surface area (Å²) in [5.41, 5.74) is -0.975. The summed E-state index contributed by atoms with van der Waals surface area (Å²) in [5.74, 6) is -1.31. The van der Waals surface area contributed by atoms with Gasteiger partial charge in [-0.15, -0.1) is 0 Å². The molecule has 0 aliphatic rings. The summed E-state index contributed by atoms with van der Waals surface area (Å²) in [6.07, 6.45) is -3.31. The van der Waals surface area contributed by atoms with E-state index >= 15 is 0 Å². The second-order valence-corrected chi connectivity index (χ2v) is 11.3. The fourth-order valence-corrected chi connectivity index (χ4v) is 4.64. The van der Waals surface area contributed by atoms with Crippen LogP contribution in [0.5, 0.6) is 0 Å². The van der Waals surface area contributed by atoms with Gasteiger partial charge in [0.2, 0.25) is 21.8 Å². The van der Waals surface area contributed by atoms with Crippen LogP contribution in [0.1, 0.15) is 38.3 Å². The van der Waals surface area contributed by atoms with Crippen LogP contribution in [0, 0.1) is 0 Å². The lowest BCUT2D eigenvalue weighted by Gasteiger charge is -2.32. The molecule has 0 spiro atoms. The number of carbonyl (C=O) groups is 2. The van der Waals surface area contributed by atoms with E-state index in [1.165, 1.54) is 13.0 Å². The number of sulfonamides is 1. The van der Waals surface area contributed by atoms with E-state index in [0.29, 0.717) is 27.4 Å². The van der Waals surface area contributed by atoms with Crippen LogP contribution < -0.4 is 9.62 Å². The summed E-state index contributed by atoms with van der Waals surface area (Å²) in [7, 11) is -4.19. The van der Waals surface area contributed by atoms with Crippen molar-refractivity contribution in [2.45, 2.75) is 52.0 Å². The fourth-order valence-electron chi connectivity index (χ4n) is 3.33. The summed E-state index contributed by atoms with van der Waals surface area (Å²) < 4.78 is 65.4. The molecule has 2 amide bonds. The van der Waals surface area contributed by atoms with E-state index in [-0.39, 0.29) is 23.3 Å². The normalized spacial score (nSPS) is 13.5. The zero-order valence-electron chi connectivity index (χ0n) is 20.6. The quantitative estimate of drug-likeness (QED) is 0.422. The fraction of sp³-hybridized carbons (Fsp3) is 0.417. The maximum Gasteiger partial charge on any atom is 0.416 e. The number of amides is 2. The Morgan fingerprint density at radius 1 is 1.08 bits per heavy atom. The van der Waals surface area contributed by atoms with E-state index in [4.69, 9.17) is 23.2 Å². The third-order valence-electron chi connectivity index (χ3n) is 5.66. The van der Waals surface area contributed by atoms with Gasteiger partial charge in [0.05, 0.1) is 17.5 Å². The third kappa shape index (κ3) is 8.51. The van der Waals surface area contributed by atoms with E-state index in [1.807, 2.05) is 6.92 Å². The van der Waals surface area contributed by atoms with Crippen molar-refractivity contribution in [3.05, 3.63) is 63.6 Å². The van der Waals surface area contributed by atoms with Crippen molar-refractivity contribution in [1.82, 2.24) is 10.2 Å². The Kier molecular flexibility index (Phi) is 10.3. The molecule has 0 aliphatic heterocycles. The van der Waals surface area contributed by atoms with E-state index in [9.17, 15) is 31.2 Å². The number of hydrogen-bond acceptors (Lipinski definition) is 4. The molecule has 0 fully saturated rings. The topological polar surface area (TPSA) is 86.8 Å². The Labute approximate surface area is 224 Å². The van der Waals surface area contributed by atoms with Gasteiger partial charge >= 0.3 is 6.18 Å². The first kappa shape index (κ1) is 30.7. The Hall–Kier alpha value is -2.50. The zero-order chi connectivity index (χ0) is 28.1. The summed E-state index contributed by atoms with van der Waals surface area (Å²) in [5, 5.41) is 3.34. The van der Waals surface area contributed by atoms with Gasteiger partial charge in [-0.2, -0.15) is 13.2 Å². The highest BCUT2D eigenvalue weighted by Crippen LogP contribution is 2.32. The van der Waals surface area contributed by atoms with Gasteiger partial charge in [0.25, 0.3) is 0 Å². The van der Waals surface area contributed by atoms with Crippen LogP contribution in [0.2, 0.25) is 10.0 Å². The Balaban J connectivity index is 2.48. The average Bonchev–Trinajstić information content (AvgIpc) is 2.80. The van der Waals surface area contributed by atoms with Crippen molar-refractivity contribution < 1.29 is 31.2 Å². The minimum Gasteiger partial charge on any atom is -0.352 e. The predicted molar refractivity (Wildman–Crippen MR) is 138 cm³/mol. The van der Waals surface area contributed by atoms with Gasteiger partial charge in [-0.25, -0.2) is 8.42 Å². The number of nitrogens with zero attached hydrogens (tertiary/aromatic N) is 2. The highest BCUT2D eigenvalue weighted by molar-refractivity contribution is 7.92. The molecule has 13 heteroatoms. The van der Waals surface area contributed by atoms with Gasteiger partial charge in [0.1, 0.15) is 12.6 Å². The van der Waals surface area contributed by atoms with Gasteiger partial charge in [-0.05, 0) is 56.2 Å². The maximum atomic E-state index is 13.5. The number of alkyl halides is 3. The summed E-state index contributed by atoms with van der Waals surface area (Å²) in [4.78, 5) is 27.5. The molecule has 0 heterocycles. The first-order chi connectivity index (χ1) is 17.0. The standard InChI is InChI=1S/C24H28Cl2F3N3O4S/c1-5-15(2)30-23(34)16(3)31(13-17-9-10-19(25)12-21(17)26)22(33)14-32(37(4,35)36)20-8-6-7-18(11-20)24(27,28)29/h6-12,15-16H,5,13-14H2,1-4H3,(H,30,34). The number of rotatable bonds is 10. The number of anilines is 1. The Morgan fingerprint density at radius 2 is 1.73 bits per heavy atom. The van der Waals surface area contributed by atoms with Gasteiger partial charge in [-0.3, -0.25) is 13.9 Å². The molecular weight excluding hydrogens is 554 g/mol. The lowest BCUT2D eigenvalue weighted by molar-refractivity contribution is -0.139. The van der Waals surface area contributed by atoms with E-state index in [0.717, 1.165) is 29.4 Å². The van der Waals surface area contributed by atoms with Gasteiger partial charge in [0, 0.05) is 22.6 Å². The molecule has 2 aromatic carbocycles. The van der Waals surface area contributed by atoms with Gasteiger partial charge in [0.15, 0.2) is 0 Å². The molecule has 204 valence electrons. The number of nitrogens with one attached hydrogen (secondary N) is 1. The predicted octanol–water partition coefficient (Wildman–Crippen LogP) is 5.11. The summed E-state index contributed by atoms with van der Waals surface area (Å²) in [6, 6.07) is 6.95. The second kappa shape index (κ2) is 12.4. The molecule has 1 N–H and O–H groups in total. The zero-order valence-corrected chi connectivity index (χ0v) is 23.0. The van der Waals surface area contributed by atoms with Crippen molar-refractivity contribution in [1.29, 1.82) is 0 Å². The van der Waals surface area contributed by atoms with Crippen molar-refractivity contribution in [3.63, 3.8) is 0 Å². The van der Waals surface area contributed by atoms with Gasteiger partial charge in [-0.1, -0.05) is 42.3 Å². The van der Waals surface area contributed by atoms with Crippen LogP contribution >= 0.6 is 23.2 Å². The van der Waals surface area contributed by atoms with Crippen molar-refractivity contribution >= 4 is 50.7 Å². The third-order valence-corrected chi connectivity index (χ3v) is 7.39. The van der Waals surface area contributed by atoms with Crippen LogP contribution in [-0.2, 0) is 32.3 Å². The van der Waals surface area contributed by atoms with E-state index < -0.39 is 46.2 Å².